The first-order chi connectivity index (χ1) is 14.4. The SMILES string of the molecule is CC[C@@]1(c2ccc(F)cc2)NC(=O)N(CC(=O)NCCc2ccccc2OC)C1=O. The molecule has 0 unspecified atom stereocenters. The normalized spacial score (nSPS) is 18.3. The van der Waals surface area contributed by atoms with Crippen molar-refractivity contribution < 1.29 is 23.5 Å². The summed E-state index contributed by atoms with van der Waals surface area (Å²) in [5.74, 6) is -0.679. The lowest BCUT2D eigenvalue weighted by Gasteiger charge is -2.25. The van der Waals surface area contributed by atoms with E-state index in [9.17, 15) is 18.8 Å². The van der Waals surface area contributed by atoms with Gasteiger partial charge in [0.1, 0.15) is 23.7 Å². The molecule has 0 bridgehead atoms. The van der Waals surface area contributed by atoms with Gasteiger partial charge in [-0.2, -0.15) is 0 Å². The van der Waals surface area contributed by atoms with Crippen molar-refractivity contribution in [3.63, 3.8) is 0 Å². The number of nitrogens with zero attached hydrogens (tertiary/aromatic N) is 1. The van der Waals surface area contributed by atoms with Crippen molar-refractivity contribution in [1.82, 2.24) is 15.5 Å². The van der Waals surface area contributed by atoms with E-state index in [2.05, 4.69) is 10.6 Å². The Morgan fingerprint density at radius 1 is 1.17 bits per heavy atom. The van der Waals surface area contributed by atoms with Gasteiger partial charge < -0.3 is 15.4 Å². The van der Waals surface area contributed by atoms with Crippen molar-refractivity contribution in [1.29, 1.82) is 0 Å². The van der Waals surface area contributed by atoms with Crippen LogP contribution in [0.15, 0.2) is 48.5 Å². The monoisotopic (exact) mass is 413 g/mol. The number of urea groups is 1. The van der Waals surface area contributed by atoms with E-state index in [4.69, 9.17) is 4.74 Å². The molecule has 30 heavy (non-hydrogen) atoms. The van der Waals surface area contributed by atoms with Crippen molar-refractivity contribution in [3.05, 3.63) is 65.5 Å². The fourth-order valence-corrected chi connectivity index (χ4v) is 3.59. The molecular weight excluding hydrogens is 389 g/mol. The minimum absolute atomic E-state index is 0.273. The predicted molar refractivity (Wildman–Crippen MR) is 108 cm³/mol. The minimum Gasteiger partial charge on any atom is -0.496 e. The van der Waals surface area contributed by atoms with Crippen LogP contribution < -0.4 is 15.4 Å². The molecule has 1 aliphatic heterocycles. The van der Waals surface area contributed by atoms with Gasteiger partial charge in [0.15, 0.2) is 0 Å². The quantitative estimate of drug-likeness (QED) is 0.651. The zero-order chi connectivity index (χ0) is 21.7. The Morgan fingerprint density at radius 2 is 1.87 bits per heavy atom. The maximum Gasteiger partial charge on any atom is 0.325 e. The van der Waals surface area contributed by atoms with Gasteiger partial charge in [-0.1, -0.05) is 37.3 Å². The van der Waals surface area contributed by atoms with Crippen LogP contribution in [0, 0.1) is 5.82 Å². The number of amides is 4. The largest absolute Gasteiger partial charge is 0.496 e. The zero-order valence-corrected chi connectivity index (χ0v) is 16.9. The Kier molecular flexibility index (Phi) is 6.34. The first-order valence-corrected chi connectivity index (χ1v) is 9.70. The molecule has 1 atom stereocenters. The van der Waals surface area contributed by atoms with Gasteiger partial charge in [0.25, 0.3) is 5.91 Å². The minimum atomic E-state index is -1.30. The molecule has 0 saturated carbocycles. The molecule has 0 spiro atoms. The van der Waals surface area contributed by atoms with E-state index in [0.717, 1.165) is 16.2 Å². The summed E-state index contributed by atoms with van der Waals surface area (Å²) < 4.78 is 18.6. The van der Waals surface area contributed by atoms with Crippen LogP contribution in [-0.2, 0) is 21.5 Å². The molecule has 2 aromatic rings. The molecule has 8 heteroatoms. The van der Waals surface area contributed by atoms with Gasteiger partial charge in [0.05, 0.1) is 7.11 Å². The maximum absolute atomic E-state index is 13.3. The van der Waals surface area contributed by atoms with Gasteiger partial charge in [0, 0.05) is 6.54 Å². The fraction of sp³-hybridized carbons (Fsp3) is 0.318. The number of methoxy groups -OCH3 is 1. The summed E-state index contributed by atoms with van der Waals surface area (Å²) in [6.07, 6.45) is 0.819. The van der Waals surface area contributed by atoms with Crippen LogP contribution in [0.4, 0.5) is 9.18 Å². The van der Waals surface area contributed by atoms with E-state index in [1.54, 1.807) is 14.0 Å². The number of benzene rings is 2. The summed E-state index contributed by atoms with van der Waals surface area (Å²) in [5, 5.41) is 5.40. The van der Waals surface area contributed by atoms with Crippen molar-refractivity contribution in [2.24, 2.45) is 0 Å². The summed E-state index contributed by atoms with van der Waals surface area (Å²) in [6, 6.07) is 12.2. The number of imide groups is 1. The molecule has 2 N–H and O–H groups in total. The topological polar surface area (TPSA) is 87.7 Å². The molecule has 2 aromatic carbocycles. The van der Waals surface area contributed by atoms with Crippen LogP contribution in [-0.4, -0.2) is 42.9 Å². The van der Waals surface area contributed by atoms with E-state index in [-0.39, 0.29) is 13.0 Å². The number of nitrogens with one attached hydrogen (secondary N) is 2. The molecular formula is C22H24FN3O4. The number of para-hydroxylation sites is 1. The van der Waals surface area contributed by atoms with E-state index < -0.39 is 29.2 Å². The number of carbonyl (C=O) groups is 3. The Morgan fingerprint density at radius 3 is 2.53 bits per heavy atom. The Hall–Kier alpha value is -3.42. The Bertz CT molecular complexity index is 948. The van der Waals surface area contributed by atoms with Crippen LogP contribution >= 0.6 is 0 Å². The predicted octanol–water partition coefficient (Wildman–Crippen LogP) is 2.35. The highest BCUT2D eigenvalue weighted by Crippen LogP contribution is 2.32. The summed E-state index contributed by atoms with van der Waals surface area (Å²) in [4.78, 5) is 38.7. The van der Waals surface area contributed by atoms with Gasteiger partial charge in [-0.25, -0.2) is 9.18 Å². The average molecular weight is 413 g/mol. The van der Waals surface area contributed by atoms with E-state index in [1.165, 1.54) is 24.3 Å². The molecule has 158 valence electrons. The number of ether oxygens (including phenoxy) is 1. The number of halogens is 1. The van der Waals surface area contributed by atoms with Gasteiger partial charge in [-0.05, 0) is 42.2 Å². The molecule has 0 aromatic heterocycles. The lowest BCUT2D eigenvalue weighted by atomic mass is 9.87. The second-order valence-corrected chi connectivity index (χ2v) is 7.00. The van der Waals surface area contributed by atoms with Crippen molar-refractivity contribution in [2.45, 2.75) is 25.3 Å². The highest BCUT2D eigenvalue weighted by atomic mass is 19.1. The molecule has 3 rings (SSSR count). The molecule has 7 nitrogen and oxygen atoms in total. The third-order valence-corrected chi connectivity index (χ3v) is 5.25. The first kappa shape index (κ1) is 21.3. The standard InChI is InChI=1S/C22H24FN3O4/c1-3-22(16-8-10-17(23)11-9-16)20(28)26(21(29)25-22)14-19(27)24-13-12-15-6-4-5-7-18(15)30-2/h4-11H,3,12-14H2,1-2H3,(H,24,27)(H,25,29)/t22-/m0/s1. The number of rotatable bonds is 8. The van der Waals surface area contributed by atoms with E-state index in [1.807, 2.05) is 24.3 Å². The van der Waals surface area contributed by atoms with Gasteiger partial charge in [-0.3, -0.25) is 14.5 Å². The van der Waals surface area contributed by atoms with Crippen LogP contribution in [0.5, 0.6) is 5.75 Å². The highest BCUT2D eigenvalue weighted by molar-refractivity contribution is 6.09. The van der Waals surface area contributed by atoms with E-state index in [0.29, 0.717) is 18.5 Å². The van der Waals surface area contributed by atoms with Gasteiger partial charge in [0.2, 0.25) is 5.91 Å². The second-order valence-electron chi connectivity index (χ2n) is 7.00. The van der Waals surface area contributed by atoms with Crippen LogP contribution in [0.1, 0.15) is 24.5 Å². The van der Waals surface area contributed by atoms with Gasteiger partial charge in [-0.15, -0.1) is 0 Å². The first-order valence-electron chi connectivity index (χ1n) is 9.70. The molecule has 0 aliphatic carbocycles. The molecule has 1 heterocycles. The Labute approximate surface area is 174 Å². The maximum atomic E-state index is 13.3. The lowest BCUT2D eigenvalue weighted by molar-refractivity contribution is -0.135. The van der Waals surface area contributed by atoms with Crippen LogP contribution in [0.2, 0.25) is 0 Å². The summed E-state index contributed by atoms with van der Waals surface area (Å²) in [7, 11) is 1.58. The van der Waals surface area contributed by atoms with Crippen molar-refractivity contribution in [3.8, 4) is 5.75 Å². The van der Waals surface area contributed by atoms with Crippen LogP contribution in [0.25, 0.3) is 0 Å². The Balaban J connectivity index is 1.63. The van der Waals surface area contributed by atoms with E-state index >= 15 is 0 Å². The average Bonchev–Trinajstić information content (AvgIpc) is 2.99. The molecule has 4 amide bonds. The molecule has 1 aliphatic rings. The fourth-order valence-electron chi connectivity index (χ4n) is 3.59. The number of hydrogen-bond acceptors (Lipinski definition) is 4. The van der Waals surface area contributed by atoms with Crippen LogP contribution in [0.3, 0.4) is 0 Å². The third kappa shape index (κ3) is 4.12. The van der Waals surface area contributed by atoms with Crippen molar-refractivity contribution in [2.75, 3.05) is 20.2 Å². The summed E-state index contributed by atoms with van der Waals surface area (Å²) >= 11 is 0. The summed E-state index contributed by atoms with van der Waals surface area (Å²) in [5.41, 5.74) is 0.114. The number of carbonyl (C=O) groups excluding carboxylic acids is 3. The molecule has 0 radical (unpaired) electrons. The number of hydrogen-bond donors (Lipinski definition) is 2. The second kappa shape index (κ2) is 8.94. The summed E-state index contributed by atoms with van der Waals surface area (Å²) in [6.45, 7) is 1.69. The lowest BCUT2D eigenvalue weighted by Crippen LogP contribution is -2.45. The molecule has 1 saturated heterocycles. The van der Waals surface area contributed by atoms with Crippen molar-refractivity contribution >= 4 is 17.8 Å². The zero-order valence-electron chi connectivity index (χ0n) is 16.9. The molecule has 1 fully saturated rings. The smallest absolute Gasteiger partial charge is 0.325 e. The highest BCUT2D eigenvalue weighted by Gasteiger charge is 2.51. The third-order valence-electron chi connectivity index (χ3n) is 5.25. The van der Waals surface area contributed by atoms with Gasteiger partial charge >= 0.3 is 6.03 Å².